The summed E-state index contributed by atoms with van der Waals surface area (Å²) < 4.78 is 0. The highest BCUT2D eigenvalue weighted by Crippen LogP contribution is 2.21. The minimum atomic E-state index is 0.211. The Hall–Kier alpha value is -0.200. The Labute approximate surface area is 103 Å². The molecule has 0 N–H and O–H groups in total. The zero-order valence-electron chi connectivity index (χ0n) is 9.34. The lowest BCUT2D eigenvalue weighted by Crippen LogP contribution is -2.14. The SMILES string of the molecule is CCCC(C)C(Cl)Cc1cccc(Cl)c1. The molecule has 2 atom stereocenters. The molecule has 2 heteroatoms. The second kappa shape index (κ2) is 6.40. The smallest absolute Gasteiger partial charge is 0.0408 e. The van der Waals surface area contributed by atoms with Crippen LogP contribution in [0.1, 0.15) is 32.3 Å². The standard InChI is InChI=1S/C13H18Cl2/c1-3-5-10(2)13(15)9-11-6-4-7-12(14)8-11/h4,6-8,10,13H,3,5,9H2,1-2H3. The van der Waals surface area contributed by atoms with Gasteiger partial charge in [-0.05, 0) is 36.5 Å². The third-order valence-electron chi connectivity index (χ3n) is 2.68. The summed E-state index contributed by atoms with van der Waals surface area (Å²) in [6.45, 7) is 4.41. The van der Waals surface area contributed by atoms with Gasteiger partial charge in [0.05, 0.1) is 0 Å². The van der Waals surface area contributed by atoms with E-state index in [-0.39, 0.29) is 5.38 Å². The van der Waals surface area contributed by atoms with Gasteiger partial charge in [-0.25, -0.2) is 0 Å². The van der Waals surface area contributed by atoms with Crippen molar-refractivity contribution in [2.45, 2.75) is 38.5 Å². The molecule has 1 aromatic carbocycles. The van der Waals surface area contributed by atoms with E-state index in [9.17, 15) is 0 Å². The molecule has 1 rings (SSSR count). The quantitative estimate of drug-likeness (QED) is 0.645. The molecular formula is C13H18Cl2. The molecule has 0 heterocycles. The zero-order chi connectivity index (χ0) is 11.3. The van der Waals surface area contributed by atoms with Crippen LogP contribution in [-0.2, 0) is 6.42 Å². The van der Waals surface area contributed by atoms with Crippen LogP contribution in [0.4, 0.5) is 0 Å². The van der Waals surface area contributed by atoms with Crippen LogP contribution in [0, 0.1) is 5.92 Å². The molecule has 0 saturated carbocycles. The molecule has 0 saturated heterocycles. The van der Waals surface area contributed by atoms with Gasteiger partial charge in [0.1, 0.15) is 0 Å². The van der Waals surface area contributed by atoms with Crippen LogP contribution >= 0.6 is 23.2 Å². The van der Waals surface area contributed by atoms with Crippen molar-refractivity contribution in [3.8, 4) is 0 Å². The van der Waals surface area contributed by atoms with Crippen molar-refractivity contribution in [3.63, 3.8) is 0 Å². The summed E-state index contributed by atoms with van der Waals surface area (Å²) >= 11 is 12.3. The third kappa shape index (κ3) is 4.44. The van der Waals surface area contributed by atoms with E-state index >= 15 is 0 Å². The molecular weight excluding hydrogens is 227 g/mol. The van der Waals surface area contributed by atoms with Crippen LogP contribution in [0.25, 0.3) is 0 Å². The lowest BCUT2D eigenvalue weighted by Gasteiger charge is -2.17. The van der Waals surface area contributed by atoms with Gasteiger partial charge < -0.3 is 0 Å². The van der Waals surface area contributed by atoms with Crippen LogP contribution in [-0.4, -0.2) is 5.38 Å². The maximum absolute atomic E-state index is 6.35. The van der Waals surface area contributed by atoms with Gasteiger partial charge in [-0.2, -0.15) is 0 Å². The van der Waals surface area contributed by atoms with Crippen molar-refractivity contribution in [1.29, 1.82) is 0 Å². The van der Waals surface area contributed by atoms with Crippen LogP contribution < -0.4 is 0 Å². The minimum absolute atomic E-state index is 0.211. The van der Waals surface area contributed by atoms with Crippen molar-refractivity contribution in [1.82, 2.24) is 0 Å². The molecule has 0 radical (unpaired) electrons. The van der Waals surface area contributed by atoms with E-state index in [2.05, 4.69) is 19.9 Å². The molecule has 0 bridgehead atoms. The predicted octanol–water partition coefficient (Wildman–Crippen LogP) is 4.93. The molecule has 0 aliphatic rings. The third-order valence-corrected chi connectivity index (χ3v) is 3.50. The summed E-state index contributed by atoms with van der Waals surface area (Å²) in [7, 11) is 0. The topological polar surface area (TPSA) is 0 Å². The first-order valence-corrected chi connectivity index (χ1v) is 6.33. The summed E-state index contributed by atoms with van der Waals surface area (Å²) in [5, 5.41) is 1.00. The Morgan fingerprint density at radius 1 is 1.33 bits per heavy atom. The van der Waals surface area contributed by atoms with E-state index in [0.29, 0.717) is 5.92 Å². The molecule has 84 valence electrons. The molecule has 0 nitrogen and oxygen atoms in total. The maximum atomic E-state index is 6.35. The van der Waals surface area contributed by atoms with Gasteiger partial charge in [0.2, 0.25) is 0 Å². The monoisotopic (exact) mass is 244 g/mol. The van der Waals surface area contributed by atoms with E-state index in [1.54, 1.807) is 0 Å². The number of alkyl halides is 1. The van der Waals surface area contributed by atoms with Crippen molar-refractivity contribution in [3.05, 3.63) is 34.9 Å². The fourth-order valence-electron chi connectivity index (χ4n) is 1.73. The molecule has 15 heavy (non-hydrogen) atoms. The van der Waals surface area contributed by atoms with Gasteiger partial charge in [-0.1, -0.05) is 44.0 Å². The van der Waals surface area contributed by atoms with Gasteiger partial charge in [0.15, 0.2) is 0 Å². The summed E-state index contributed by atoms with van der Waals surface area (Å²) in [6.07, 6.45) is 3.29. The van der Waals surface area contributed by atoms with Crippen LogP contribution in [0.2, 0.25) is 5.02 Å². The van der Waals surface area contributed by atoms with Crippen LogP contribution in [0.3, 0.4) is 0 Å². The zero-order valence-corrected chi connectivity index (χ0v) is 10.9. The van der Waals surface area contributed by atoms with Crippen molar-refractivity contribution < 1.29 is 0 Å². The summed E-state index contributed by atoms with van der Waals surface area (Å²) in [6, 6.07) is 7.95. The van der Waals surface area contributed by atoms with Crippen molar-refractivity contribution in [2.75, 3.05) is 0 Å². The van der Waals surface area contributed by atoms with E-state index in [1.807, 2.05) is 18.2 Å². The first kappa shape index (κ1) is 12.9. The summed E-state index contributed by atoms with van der Waals surface area (Å²) in [5.74, 6) is 0.565. The van der Waals surface area contributed by atoms with E-state index < -0.39 is 0 Å². The number of rotatable bonds is 5. The average molecular weight is 245 g/mol. The number of hydrogen-bond donors (Lipinski definition) is 0. The highest BCUT2D eigenvalue weighted by Gasteiger charge is 2.14. The number of benzene rings is 1. The van der Waals surface area contributed by atoms with E-state index in [0.717, 1.165) is 11.4 Å². The fraction of sp³-hybridized carbons (Fsp3) is 0.538. The second-order valence-electron chi connectivity index (χ2n) is 4.12. The lowest BCUT2D eigenvalue weighted by atomic mass is 9.97. The van der Waals surface area contributed by atoms with Crippen molar-refractivity contribution in [2.24, 2.45) is 5.92 Å². The Morgan fingerprint density at radius 3 is 2.67 bits per heavy atom. The molecule has 0 spiro atoms. The Bertz CT molecular complexity index is 296. The Kier molecular flexibility index (Phi) is 5.49. The Balaban J connectivity index is 2.54. The highest BCUT2D eigenvalue weighted by atomic mass is 35.5. The molecule has 0 aromatic heterocycles. The lowest BCUT2D eigenvalue weighted by molar-refractivity contribution is 0.494. The first-order valence-electron chi connectivity index (χ1n) is 5.52. The van der Waals surface area contributed by atoms with Gasteiger partial charge in [0.25, 0.3) is 0 Å². The number of halogens is 2. The maximum Gasteiger partial charge on any atom is 0.0408 e. The van der Waals surface area contributed by atoms with E-state index in [4.69, 9.17) is 23.2 Å². The number of hydrogen-bond acceptors (Lipinski definition) is 0. The molecule has 2 unspecified atom stereocenters. The van der Waals surface area contributed by atoms with Crippen LogP contribution in [0.5, 0.6) is 0 Å². The summed E-state index contributed by atoms with van der Waals surface area (Å²) in [4.78, 5) is 0. The molecule has 1 aromatic rings. The van der Waals surface area contributed by atoms with Crippen molar-refractivity contribution >= 4 is 23.2 Å². The minimum Gasteiger partial charge on any atom is -0.122 e. The van der Waals surface area contributed by atoms with Gasteiger partial charge in [-0.15, -0.1) is 11.6 Å². The molecule has 0 aliphatic heterocycles. The Morgan fingerprint density at radius 2 is 2.07 bits per heavy atom. The van der Waals surface area contributed by atoms with Gasteiger partial charge >= 0.3 is 0 Å². The molecule has 0 aliphatic carbocycles. The summed E-state index contributed by atoms with van der Waals surface area (Å²) in [5.41, 5.74) is 1.23. The normalized spacial score (nSPS) is 14.9. The largest absolute Gasteiger partial charge is 0.122 e. The molecule has 0 amide bonds. The van der Waals surface area contributed by atoms with Gasteiger partial charge in [0, 0.05) is 10.4 Å². The second-order valence-corrected chi connectivity index (χ2v) is 5.11. The predicted molar refractivity (Wildman–Crippen MR) is 68.9 cm³/mol. The van der Waals surface area contributed by atoms with Gasteiger partial charge in [-0.3, -0.25) is 0 Å². The molecule has 0 fully saturated rings. The van der Waals surface area contributed by atoms with E-state index in [1.165, 1.54) is 18.4 Å². The highest BCUT2D eigenvalue weighted by molar-refractivity contribution is 6.30. The fourth-order valence-corrected chi connectivity index (χ4v) is 2.24. The first-order chi connectivity index (χ1) is 7.13. The van der Waals surface area contributed by atoms with Crippen LogP contribution in [0.15, 0.2) is 24.3 Å². The average Bonchev–Trinajstić information content (AvgIpc) is 2.18.